The van der Waals surface area contributed by atoms with Crippen LogP contribution in [0.3, 0.4) is 0 Å². The van der Waals surface area contributed by atoms with Crippen LogP contribution in [0.2, 0.25) is 0 Å². The number of hydrogen-bond donors (Lipinski definition) is 2. The second-order valence-corrected chi connectivity index (χ2v) is 4.01. The van der Waals surface area contributed by atoms with Crippen LogP contribution in [0, 0.1) is 6.92 Å². The Labute approximate surface area is 90.9 Å². The van der Waals surface area contributed by atoms with E-state index in [-0.39, 0.29) is 16.9 Å². The Hall–Kier alpha value is -1.08. The van der Waals surface area contributed by atoms with Gasteiger partial charge in [-0.2, -0.15) is 0 Å². The highest BCUT2D eigenvalue weighted by Crippen LogP contribution is 2.08. The van der Waals surface area contributed by atoms with Crippen molar-refractivity contribution in [3.63, 3.8) is 0 Å². The van der Waals surface area contributed by atoms with Crippen molar-refractivity contribution < 1.29 is 4.79 Å². The highest BCUT2D eigenvalue weighted by molar-refractivity contribution is 7.80. The Morgan fingerprint density at radius 1 is 1.71 bits per heavy atom. The zero-order valence-electron chi connectivity index (χ0n) is 7.77. The van der Waals surface area contributed by atoms with Crippen LogP contribution in [-0.4, -0.2) is 26.5 Å². The van der Waals surface area contributed by atoms with Gasteiger partial charge in [0.25, 0.3) is 5.91 Å². The summed E-state index contributed by atoms with van der Waals surface area (Å²) in [5.41, 5.74) is 5.98. The Kier molecular flexibility index (Phi) is 3.48. The number of amides is 1. The maximum Gasteiger partial charge on any atom is 0.265 e. The standard InChI is InChI=1S/C7H10N4OS2/c1-3-5(14-11-10-3)7(12)9-4(2)6(8)13/h4H,1-2H3,(H2,8,13)(H,9,12). The van der Waals surface area contributed by atoms with Gasteiger partial charge in [0, 0.05) is 0 Å². The second kappa shape index (κ2) is 4.43. The molecule has 1 heterocycles. The van der Waals surface area contributed by atoms with Crippen molar-refractivity contribution in [1.82, 2.24) is 14.9 Å². The van der Waals surface area contributed by atoms with Gasteiger partial charge in [-0.15, -0.1) is 5.10 Å². The largest absolute Gasteiger partial charge is 0.392 e. The minimum absolute atomic E-state index is 0.238. The third-order valence-corrected chi connectivity index (χ3v) is 2.81. The number of carbonyl (C=O) groups is 1. The van der Waals surface area contributed by atoms with Gasteiger partial charge in [-0.05, 0) is 25.4 Å². The number of thiocarbonyl (C=S) groups is 1. The number of nitrogens with zero attached hydrogens (tertiary/aromatic N) is 2. The van der Waals surface area contributed by atoms with E-state index < -0.39 is 0 Å². The molecule has 0 bridgehead atoms. The van der Waals surface area contributed by atoms with Crippen molar-refractivity contribution in [2.45, 2.75) is 19.9 Å². The summed E-state index contributed by atoms with van der Waals surface area (Å²) in [6.07, 6.45) is 0. The molecule has 14 heavy (non-hydrogen) atoms. The van der Waals surface area contributed by atoms with Crippen molar-refractivity contribution in [2.24, 2.45) is 5.73 Å². The van der Waals surface area contributed by atoms with Gasteiger partial charge in [0.15, 0.2) is 0 Å². The molecular weight excluding hydrogens is 220 g/mol. The van der Waals surface area contributed by atoms with Crippen molar-refractivity contribution in [2.75, 3.05) is 0 Å². The van der Waals surface area contributed by atoms with Gasteiger partial charge in [0.2, 0.25) is 0 Å². The fourth-order valence-electron chi connectivity index (χ4n) is 0.773. The van der Waals surface area contributed by atoms with Crippen LogP contribution in [0.4, 0.5) is 0 Å². The molecule has 1 unspecified atom stereocenters. The number of carbonyl (C=O) groups excluding carboxylic acids is 1. The lowest BCUT2D eigenvalue weighted by Gasteiger charge is -2.10. The third kappa shape index (κ3) is 2.46. The first kappa shape index (κ1) is 11.0. The van der Waals surface area contributed by atoms with Gasteiger partial charge in [-0.3, -0.25) is 4.79 Å². The molecule has 5 nitrogen and oxygen atoms in total. The minimum Gasteiger partial charge on any atom is -0.392 e. The molecule has 1 rings (SSSR count). The van der Waals surface area contributed by atoms with Gasteiger partial charge in [0.1, 0.15) is 4.88 Å². The summed E-state index contributed by atoms with van der Waals surface area (Å²) < 4.78 is 3.66. The number of hydrogen-bond acceptors (Lipinski definition) is 5. The summed E-state index contributed by atoms with van der Waals surface area (Å²) in [6, 6.07) is -0.320. The molecule has 0 spiro atoms. The SMILES string of the molecule is Cc1nnsc1C(=O)NC(C)C(N)=S. The number of aryl methyl sites for hydroxylation is 1. The quantitative estimate of drug-likeness (QED) is 0.728. The van der Waals surface area contributed by atoms with Crippen LogP contribution in [0.15, 0.2) is 0 Å². The smallest absolute Gasteiger partial charge is 0.265 e. The third-order valence-electron chi connectivity index (χ3n) is 1.63. The van der Waals surface area contributed by atoms with Gasteiger partial charge in [-0.25, -0.2) is 0 Å². The summed E-state index contributed by atoms with van der Waals surface area (Å²) >= 11 is 5.79. The fraction of sp³-hybridized carbons (Fsp3) is 0.429. The Morgan fingerprint density at radius 2 is 2.36 bits per heavy atom. The van der Waals surface area contributed by atoms with E-state index in [1.54, 1.807) is 13.8 Å². The maximum atomic E-state index is 11.5. The van der Waals surface area contributed by atoms with Crippen molar-refractivity contribution in [3.8, 4) is 0 Å². The molecule has 0 saturated heterocycles. The average Bonchev–Trinajstić information content (AvgIpc) is 2.51. The summed E-state index contributed by atoms with van der Waals surface area (Å²) in [5.74, 6) is -0.238. The van der Waals surface area contributed by atoms with Gasteiger partial charge in [-0.1, -0.05) is 16.7 Å². The van der Waals surface area contributed by atoms with Crippen molar-refractivity contribution in [1.29, 1.82) is 0 Å². The van der Waals surface area contributed by atoms with E-state index in [2.05, 4.69) is 14.9 Å². The molecule has 7 heteroatoms. The lowest BCUT2D eigenvalue weighted by Crippen LogP contribution is -2.41. The van der Waals surface area contributed by atoms with Crippen LogP contribution in [-0.2, 0) is 0 Å². The number of rotatable bonds is 3. The monoisotopic (exact) mass is 230 g/mol. The summed E-state index contributed by atoms with van der Waals surface area (Å²) in [7, 11) is 0. The maximum absolute atomic E-state index is 11.5. The molecule has 3 N–H and O–H groups in total. The minimum atomic E-state index is -0.320. The van der Waals surface area contributed by atoms with E-state index in [1.807, 2.05) is 0 Å². The second-order valence-electron chi connectivity index (χ2n) is 2.78. The molecule has 1 aromatic heterocycles. The number of aromatic nitrogens is 2. The van der Waals surface area contributed by atoms with Crippen LogP contribution in [0.1, 0.15) is 22.3 Å². The van der Waals surface area contributed by atoms with Crippen molar-refractivity contribution >= 4 is 34.6 Å². The van der Waals surface area contributed by atoms with E-state index in [4.69, 9.17) is 18.0 Å². The highest BCUT2D eigenvalue weighted by atomic mass is 32.1. The van der Waals surface area contributed by atoms with Gasteiger partial charge >= 0.3 is 0 Å². The molecular formula is C7H10N4OS2. The van der Waals surface area contributed by atoms with E-state index >= 15 is 0 Å². The molecule has 0 aliphatic heterocycles. The molecule has 1 aromatic rings. The van der Waals surface area contributed by atoms with E-state index in [0.29, 0.717) is 10.6 Å². The fourth-order valence-corrected chi connectivity index (χ4v) is 1.39. The Morgan fingerprint density at radius 3 is 2.79 bits per heavy atom. The lowest BCUT2D eigenvalue weighted by atomic mass is 10.3. The topological polar surface area (TPSA) is 80.9 Å². The zero-order valence-corrected chi connectivity index (χ0v) is 9.41. The highest BCUT2D eigenvalue weighted by Gasteiger charge is 2.16. The molecule has 1 atom stereocenters. The summed E-state index contributed by atoms with van der Waals surface area (Å²) in [6.45, 7) is 3.45. The molecule has 0 radical (unpaired) electrons. The predicted octanol–water partition coefficient (Wildman–Crippen LogP) is 0.251. The Balaban J connectivity index is 2.69. The van der Waals surface area contributed by atoms with Gasteiger partial charge < -0.3 is 11.1 Å². The first-order valence-corrected chi connectivity index (χ1v) is 5.09. The number of nitrogens with one attached hydrogen (secondary N) is 1. The van der Waals surface area contributed by atoms with E-state index in [0.717, 1.165) is 11.5 Å². The zero-order chi connectivity index (χ0) is 10.7. The first-order chi connectivity index (χ1) is 6.52. The van der Waals surface area contributed by atoms with Crippen LogP contribution >= 0.6 is 23.8 Å². The number of nitrogens with two attached hydrogens (primary N) is 1. The van der Waals surface area contributed by atoms with Crippen LogP contribution in [0.5, 0.6) is 0 Å². The first-order valence-electron chi connectivity index (χ1n) is 3.91. The summed E-state index contributed by atoms with van der Waals surface area (Å²) in [5, 5.41) is 6.38. The van der Waals surface area contributed by atoms with Crippen molar-refractivity contribution in [3.05, 3.63) is 10.6 Å². The summed E-state index contributed by atoms with van der Waals surface area (Å²) in [4.78, 5) is 12.3. The van der Waals surface area contributed by atoms with Crippen LogP contribution < -0.4 is 11.1 Å². The normalized spacial score (nSPS) is 12.1. The molecule has 76 valence electrons. The molecule has 1 amide bonds. The molecule has 0 aliphatic rings. The average molecular weight is 230 g/mol. The molecule has 0 aromatic carbocycles. The van der Waals surface area contributed by atoms with Gasteiger partial charge in [0.05, 0.1) is 16.7 Å². The van der Waals surface area contributed by atoms with E-state index in [1.165, 1.54) is 0 Å². The van der Waals surface area contributed by atoms with Crippen LogP contribution in [0.25, 0.3) is 0 Å². The Bertz CT molecular complexity index is 362. The molecule has 0 aliphatic carbocycles. The lowest BCUT2D eigenvalue weighted by molar-refractivity contribution is 0.0952. The predicted molar refractivity (Wildman–Crippen MR) is 58.4 cm³/mol. The van der Waals surface area contributed by atoms with E-state index in [9.17, 15) is 4.79 Å². The molecule has 0 fully saturated rings. The molecule has 0 saturated carbocycles.